The zero-order chi connectivity index (χ0) is 13.2. The molecule has 2 heterocycles. The van der Waals surface area contributed by atoms with E-state index in [9.17, 15) is 10.1 Å². The van der Waals surface area contributed by atoms with Gasteiger partial charge in [0, 0.05) is 37.8 Å². The monoisotopic (exact) mass is 263 g/mol. The third kappa shape index (κ3) is 2.47. The van der Waals surface area contributed by atoms with Crippen LogP contribution in [0.4, 0.5) is 5.69 Å². The molecule has 0 spiro atoms. The number of hydrogen-bond acceptors (Lipinski definition) is 5. The van der Waals surface area contributed by atoms with E-state index < -0.39 is 0 Å². The van der Waals surface area contributed by atoms with Gasteiger partial charge in [-0.15, -0.1) is 0 Å². The Labute approximate surface area is 111 Å². The maximum atomic E-state index is 10.7. The highest BCUT2D eigenvalue weighted by molar-refractivity contribution is 5.34. The molecule has 0 aromatic heterocycles. The van der Waals surface area contributed by atoms with Gasteiger partial charge >= 0.3 is 0 Å². The van der Waals surface area contributed by atoms with Crippen molar-refractivity contribution in [1.29, 1.82) is 0 Å². The molecule has 0 amide bonds. The van der Waals surface area contributed by atoms with Gasteiger partial charge in [-0.2, -0.15) is 0 Å². The molecule has 2 aliphatic heterocycles. The molecule has 1 aromatic carbocycles. The third-order valence-electron chi connectivity index (χ3n) is 3.86. The smallest absolute Gasteiger partial charge is 0.269 e. The number of hydrogen-bond donors (Lipinski definition) is 1. The lowest BCUT2D eigenvalue weighted by molar-refractivity contribution is -0.384. The molecule has 1 N–H and O–H groups in total. The first kappa shape index (κ1) is 12.5. The molecule has 1 unspecified atom stereocenters. The van der Waals surface area contributed by atoms with Crippen molar-refractivity contribution in [2.24, 2.45) is 0 Å². The van der Waals surface area contributed by atoms with E-state index in [1.807, 2.05) is 12.1 Å². The normalized spacial score (nSPS) is 24.9. The molecule has 0 bridgehead atoms. The topological polar surface area (TPSA) is 67.6 Å². The van der Waals surface area contributed by atoms with Crippen LogP contribution in [0.1, 0.15) is 11.6 Å². The highest BCUT2D eigenvalue weighted by atomic mass is 16.6. The van der Waals surface area contributed by atoms with E-state index in [1.165, 1.54) is 0 Å². The summed E-state index contributed by atoms with van der Waals surface area (Å²) in [6.45, 7) is 4.46. The van der Waals surface area contributed by atoms with Crippen molar-refractivity contribution in [3.8, 4) is 0 Å². The summed E-state index contributed by atoms with van der Waals surface area (Å²) >= 11 is 0. The SMILES string of the molecule is O=[N+]([O-])c1ccc(C2CNCCN2C2COC2)cc1. The van der Waals surface area contributed by atoms with Crippen LogP contribution in [0.25, 0.3) is 0 Å². The number of ether oxygens (including phenoxy) is 1. The van der Waals surface area contributed by atoms with Gasteiger partial charge in [-0.3, -0.25) is 15.0 Å². The van der Waals surface area contributed by atoms with Crippen LogP contribution in [-0.4, -0.2) is 48.7 Å². The minimum atomic E-state index is -0.361. The molecule has 1 atom stereocenters. The third-order valence-corrected chi connectivity index (χ3v) is 3.86. The minimum Gasteiger partial charge on any atom is -0.378 e. The summed E-state index contributed by atoms with van der Waals surface area (Å²) in [6.07, 6.45) is 0. The molecule has 2 fully saturated rings. The molecular weight excluding hydrogens is 246 g/mol. The van der Waals surface area contributed by atoms with Crippen molar-refractivity contribution >= 4 is 5.69 Å². The van der Waals surface area contributed by atoms with E-state index in [-0.39, 0.29) is 16.7 Å². The number of non-ortho nitro benzene ring substituents is 1. The lowest BCUT2D eigenvalue weighted by Gasteiger charge is -2.45. The fourth-order valence-corrected chi connectivity index (χ4v) is 2.70. The largest absolute Gasteiger partial charge is 0.378 e. The highest BCUT2D eigenvalue weighted by Gasteiger charge is 2.33. The Bertz CT molecular complexity index is 459. The molecule has 0 saturated carbocycles. The van der Waals surface area contributed by atoms with Crippen molar-refractivity contribution in [3.05, 3.63) is 39.9 Å². The lowest BCUT2D eigenvalue weighted by atomic mass is 10.00. The number of nitro groups is 1. The van der Waals surface area contributed by atoms with Crippen molar-refractivity contribution in [3.63, 3.8) is 0 Å². The molecule has 2 saturated heterocycles. The van der Waals surface area contributed by atoms with E-state index in [0.717, 1.165) is 38.4 Å². The van der Waals surface area contributed by atoms with Gasteiger partial charge in [-0.1, -0.05) is 12.1 Å². The second-order valence-electron chi connectivity index (χ2n) is 5.00. The first-order chi connectivity index (χ1) is 9.25. The van der Waals surface area contributed by atoms with Gasteiger partial charge in [0.05, 0.1) is 24.2 Å². The maximum absolute atomic E-state index is 10.7. The zero-order valence-corrected chi connectivity index (χ0v) is 10.6. The standard InChI is InChI=1S/C13H17N3O3/c17-16(18)11-3-1-10(2-4-11)13-7-14-5-6-15(13)12-8-19-9-12/h1-4,12-14H,5-9H2. The fourth-order valence-electron chi connectivity index (χ4n) is 2.70. The Hall–Kier alpha value is -1.50. The van der Waals surface area contributed by atoms with Gasteiger partial charge in [0.25, 0.3) is 5.69 Å². The molecular formula is C13H17N3O3. The Morgan fingerprint density at radius 1 is 1.32 bits per heavy atom. The molecule has 3 rings (SSSR count). The Kier molecular flexibility index (Phi) is 3.46. The first-order valence-corrected chi connectivity index (χ1v) is 6.54. The molecule has 1 aromatic rings. The van der Waals surface area contributed by atoms with Crippen molar-refractivity contribution in [1.82, 2.24) is 10.2 Å². The summed E-state index contributed by atoms with van der Waals surface area (Å²) in [5.74, 6) is 0. The van der Waals surface area contributed by atoms with Gasteiger partial charge in [-0.05, 0) is 5.56 Å². The molecule has 19 heavy (non-hydrogen) atoms. The number of nitrogens with zero attached hydrogens (tertiary/aromatic N) is 2. The van der Waals surface area contributed by atoms with Crippen LogP contribution in [-0.2, 0) is 4.74 Å². The van der Waals surface area contributed by atoms with Crippen LogP contribution in [0, 0.1) is 10.1 Å². The second kappa shape index (κ2) is 5.24. The Balaban J connectivity index is 1.79. The fraction of sp³-hybridized carbons (Fsp3) is 0.538. The van der Waals surface area contributed by atoms with E-state index in [1.54, 1.807) is 12.1 Å². The zero-order valence-electron chi connectivity index (χ0n) is 10.6. The van der Waals surface area contributed by atoms with Gasteiger partial charge in [-0.25, -0.2) is 0 Å². The van der Waals surface area contributed by atoms with Crippen LogP contribution >= 0.6 is 0 Å². The predicted molar refractivity (Wildman–Crippen MR) is 70.0 cm³/mol. The molecule has 102 valence electrons. The number of benzene rings is 1. The molecule has 6 heteroatoms. The Morgan fingerprint density at radius 2 is 2.05 bits per heavy atom. The molecule has 6 nitrogen and oxygen atoms in total. The van der Waals surface area contributed by atoms with E-state index in [2.05, 4.69) is 10.2 Å². The van der Waals surface area contributed by atoms with E-state index >= 15 is 0 Å². The maximum Gasteiger partial charge on any atom is 0.269 e. The van der Waals surface area contributed by atoms with Crippen LogP contribution in [0.5, 0.6) is 0 Å². The number of nitrogens with one attached hydrogen (secondary N) is 1. The summed E-state index contributed by atoms with van der Waals surface area (Å²) < 4.78 is 5.27. The summed E-state index contributed by atoms with van der Waals surface area (Å²) in [5, 5.41) is 14.1. The van der Waals surface area contributed by atoms with Crippen molar-refractivity contribution in [2.75, 3.05) is 32.8 Å². The van der Waals surface area contributed by atoms with E-state index in [4.69, 9.17) is 4.74 Å². The Morgan fingerprint density at radius 3 is 2.63 bits per heavy atom. The van der Waals surface area contributed by atoms with Gasteiger partial charge < -0.3 is 10.1 Å². The molecule has 0 radical (unpaired) electrons. The average molecular weight is 263 g/mol. The van der Waals surface area contributed by atoms with Gasteiger partial charge in [0.1, 0.15) is 0 Å². The summed E-state index contributed by atoms with van der Waals surface area (Å²) in [6, 6.07) is 7.66. The molecule has 2 aliphatic rings. The quantitative estimate of drug-likeness (QED) is 0.649. The summed E-state index contributed by atoms with van der Waals surface area (Å²) in [5.41, 5.74) is 1.27. The average Bonchev–Trinajstić information content (AvgIpc) is 2.37. The second-order valence-corrected chi connectivity index (χ2v) is 5.00. The number of nitro benzene ring substituents is 1. The lowest BCUT2D eigenvalue weighted by Crippen LogP contribution is -2.57. The van der Waals surface area contributed by atoms with E-state index in [0.29, 0.717) is 6.04 Å². The van der Waals surface area contributed by atoms with Crippen molar-refractivity contribution < 1.29 is 9.66 Å². The predicted octanol–water partition coefficient (Wildman–Crippen LogP) is 0.940. The minimum absolute atomic E-state index is 0.144. The summed E-state index contributed by atoms with van der Waals surface area (Å²) in [7, 11) is 0. The van der Waals surface area contributed by atoms with Crippen LogP contribution in [0.2, 0.25) is 0 Å². The van der Waals surface area contributed by atoms with Crippen LogP contribution in [0.15, 0.2) is 24.3 Å². The number of rotatable bonds is 3. The van der Waals surface area contributed by atoms with Gasteiger partial charge in [0.15, 0.2) is 0 Å². The van der Waals surface area contributed by atoms with Crippen LogP contribution in [0.3, 0.4) is 0 Å². The first-order valence-electron chi connectivity index (χ1n) is 6.54. The summed E-state index contributed by atoms with van der Waals surface area (Å²) in [4.78, 5) is 12.8. The number of piperazine rings is 1. The highest BCUT2D eigenvalue weighted by Crippen LogP contribution is 2.28. The van der Waals surface area contributed by atoms with Crippen molar-refractivity contribution in [2.45, 2.75) is 12.1 Å². The van der Waals surface area contributed by atoms with Crippen LogP contribution < -0.4 is 5.32 Å². The van der Waals surface area contributed by atoms with Gasteiger partial charge in [0.2, 0.25) is 0 Å². The molecule has 0 aliphatic carbocycles.